The summed E-state index contributed by atoms with van der Waals surface area (Å²) in [6.07, 6.45) is 0. The fourth-order valence-corrected chi connectivity index (χ4v) is 3.78. The molecule has 0 aromatic heterocycles. The number of halogens is 1. The number of ketones is 1. The molecule has 1 amide bonds. The molecular formula is C24H28FN2O4+. The van der Waals surface area contributed by atoms with Gasteiger partial charge < -0.3 is 19.6 Å². The van der Waals surface area contributed by atoms with Gasteiger partial charge in [0.15, 0.2) is 0 Å². The van der Waals surface area contributed by atoms with Crippen molar-refractivity contribution in [1.82, 2.24) is 4.90 Å². The number of nitrogens with one attached hydrogen (secondary N) is 1. The molecule has 7 heteroatoms. The molecule has 0 radical (unpaired) electrons. The van der Waals surface area contributed by atoms with E-state index in [4.69, 9.17) is 4.74 Å². The first-order chi connectivity index (χ1) is 14.8. The number of aryl methyl sites for hydroxylation is 1. The highest BCUT2D eigenvalue weighted by Crippen LogP contribution is 2.40. The largest absolute Gasteiger partial charge is 0.507 e. The number of aliphatic hydroxyl groups excluding tert-OH is 1. The van der Waals surface area contributed by atoms with Gasteiger partial charge in [-0.3, -0.25) is 9.59 Å². The van der Waals surface area contributed by atoms with E-state index in [1.807, 2.05) is 21.0 Å². The first-order valence-electron chi connectivity index (χ1n) is 10.3. The summed E-state index contributed by atoms with van der Waals surface area (Å²) in [5.74, 6) is -1.76. The third kappa shape index (κ3) is 4.46. The van der Waals surface area contributed by atoms with Gasteiger partial charge in [-0.15, -0.1) is 0 Å². The lowest BCUT2D eigenvalue weighted by Crippen LogP contribution is -3.06. The van der Waals surface area contributed by atoms with E-state index >= 15 is 0 Å². The van der Waals surface area contributed by atoms with Gasteiger partial charge in [0, 0.05) is 11.1 Å². The molecule has 0 saturated carbocycles. The molecule has 2 N–H and O–H groups in total. The van der Waals surface area contributed by atoms with E-state index in [1.54, 1.807) is 43.3 Å². The van der Waals surface area contributed by atoms with Crippen LogP contribution in [0.5, 0.6) is 5.75 Å². The fraction of sp³-hybridized carbons (Fsp3) is 0.333. The van der Waals surface area contributed by atoms with Gasteiger partial charge in [-0.05, 0) is 43.7 Å². The van der Waals surface area contributed by atoms with Crippen LogP contribution in [0, 0.1) is 12.7 Å². The second kappa shape index (κ2) is 9.31. The molecule has 164 valence electrons. The van der Waals surface area contributed by atoms with Crippen LogP contribution in [-0.2, 0) is 9.59 Å². The summed E-state index contributed by atoms with van der Waals surface area (Å²) in [5, 5.41) is 11.1. The van der Waals surface area contributed by atoms with Crippen molar-refractivity contribution in [2.24, 2.45) is 0 Å². The number of benzene rings is 2. The molecule has 1 saturated heterocycles. The van der Waals surface area contributed by atoms with Crippen LogP contribution in [0.3, 0.4) is 0 Å². The molecule has 1 fully saturated rings. The van der Waals surface area contributed by atoms with Crippen LogP contribution in [0.4, 0.5) is 4.39 Å². The van der Waals surface area contributed by atoms with Crippen LogP contribution in [0.15, 0.2) is 48.0 Å². The molecule has 0 bridgehead atoms. The maximum absolute atomic E-state index is 14.7. The molecule has 1 aliphatic heterocycles. The van der Waals surface area contributed by atoms with E-state index in [0.717, 1.165) is 4.90 Å². The van der Waals surface area contributed by atoms with Crippen molar-refractivity contribution in [2.75, 3.05) is 33.8 Å². The Kier molecular flexibility index (Phi) is 6.75. The fourth-order valence-electron chi connectivity index (χ4n) is 3.78. The number of amides is 1. The topological polar surface area (TPSA) is 71.3 Å². The number of Topliss-reactive ketones (excluding diaryl/α,β-unsaturated/α-hetero) is 1. The standard InChI is InChI=1S/C24H27FN2O4/c1-5-31-16-10-11-17(15(2)14-16)22(28)20-21(18-8-6-7-9-19(18)25)27(13-12-26(3)4)24(30)23(20)29/h6-11,14,21,28H,5,12-13H2,1-4H3/p+1/t21-/m0/s1. The van der Waals surface area contributed by atoms with Crippen LogP contribution >= 0.6 is 0 Å². The van der Waals surface area contributed by atoms with Crippen LogP contribution in [0.25, 0.3) is 5.76 Å². The Balaban J connectivity index is 2.16. The van der Waals surface area contributed by atoms with Gasteiger partial charge in [0.2, 0.25) is 0 Å². The van der Waals surface area contributed by atoms with E-state index in [0.29, 0.717) is 30.0 Å². The summed E-state index contributed by atoms with van der Waals surface area (Å²) >= 11 is 0. The predicted octanol–water partition coefficient (Wildman–Crippen LogP) is 2.10. The first kappa shape index (κ1) is 22.5. The Morgan fingerprint density at radius 3 is 2.52 bits per heavy atom. The molecule has 31 heavy (non-hydrogen) atoms. The second-order valence-corrected chi connectivity index (χ2v) is 7.88. The Morgan fingerprint density at radius 1 is 1.19 bits per heavy atom. The third-order valence-electron chi connectivity index (χ3n) is 5.36. The maximum atomic E-state index is 14.7. The zero-order chi connectivity index (χ0) is 22.7. The average molecular weight is 427 g/mol. The zero-order valence-electron chi connectivity index (χ0n) is 18.2. The van der Waals surface area contributed by atoms with Crippen LogP contribution < -0.4 is 9.64 Å². The second-order valence-electron chi connectivity index (χ2n) is 7.88. The van der Waals surface area contributed by atoms with E-state index in [-0.39, 0.29) is 23.4 Å². The predicted molar refractivity (Wildman–Crippen MR) is 115 cm³/mol. The van der Waals surface area contributed by atoms with Gasteiger partial charge >= 0.3 is 0 Å². The van der Waals surface area contributed by atoms with Gasteiger partial charge in [-0.1, -0.05) is 18.2 Å². The number of nitrogens with zero attached hydrogens (tertiary/aromatic N) is 1. The number of rotatable bonds is 7. The molecule has 2 aromatic rings. The minimum absolute atomic E-state index is 0.101. The van der Waals surface area contributed by atoms with Crippen molar-refractivity contribution in [3.05, 3.63) is 70.5 Å². The van der Waals surface area contributed by atoms with Crippen LogP contribution in [0.2, 0.25) is 0 Å². The number of ether oxygens (including phenoxy) is 1. The van der Waals surface area contributed by atoms with E-state index in [9.17, 15) is 19.1 Å². The molecule has 0 unspecified atom stereocenters. The highest BCUT2D eigenvalue weighted by Gasteiger charge is 2.47. The lowest BCUT2D eigenvalue weighted by atomic mass is 9.93. The van der Waals surface area contributed by atoms with E-state index in [1.165, 1.54) is 11.0 Å². The van der Waals surface area contributed by atoms with Crippen molar-refractivity contribution in [2.45, 2.75) is 19.9 Å². The Morgan fingerprint density at radius 2 is 1.90 bits per heavy atom. The third-order valence-corrected chi connectivity index (χ3v) is 5.36. The normalized spacial score (nSPS) is 18.1. The maximum Gasteiger partial charge on any atom is 0.295 e. The molecule has 0 aliphatic carbocycles. The summed E-state index contributed by atoms with van der Waals surface area (Å²) in [6.45, 7) is 4.97. The first-order valence-corrected chi connectivity index (χ1v) is 10.3. The molecule has 3 rings (SSSR count). The zero-order valence-corrected chi connectivity index (χ0v) is 18.2. The van der Waals surface area contributed by atoms with Gasteiger partial charge in [-0.25, -0.2) is 4.39 Å². The van der Waals surface area contributed by atoms with Gasteiger partial charge in [-0.2, -0.15) is 0 Å². The molecule has 0 spiro atoms. The number of carbonyl (C=O) groups excluding carboxylic acids is 2. The summed E-state index contributed by atoms with van der Waals surface area (Å²) in [6, 6.07) is 10.1. The summed E-state index contributed by atoms with van der Waals surface area (Å²) in [7, 11) is 3.86. The molecular weight excluding hydrogens is 399 g/mol. The van der Waals surface area contributed by atoms with Gasteiger partial charge in [0.25, 0.3) is 11.7 Å². The number of quaternary nitrogens is 1. The minimum Gasteiger partial charge on any atom is -0.507 e. The highest BCUT2D eigenvalue weighted by molar-refractivity contribution is 6.46. The number of carbonyl (C=O) groups is 2. The number of hydrogen-bond acceptors (Lipinski definition) is 4. The Bertz CT molecular complexity index is 1030. The summed E-state index contributed by atoms with van der Waals surface area (Å²) < 4.78 is 20.2. The SMILES string of the molecule is CCOc1ccc(C(O)=C2C(=O)C(=O)N(CC[NH+](C)C)[C@H]2c2ccccc2F)c(C)c1. The minimum atomic E-state index is -0.994. The van der Waals surface area contributed by atoms with Crippen molar-refractivity contribution < 1.29 is 28.7 Å². The molecule has 2 aromatic carbocycles. The highest BCUT2D eigenvalue weighted by atomic mass is 19.1. The van der Waals surface area contributed by atoms with Gasteiger partial charge in [0.05, 0.1) is 45.4 Å². The van der Waals surface area contributed by atoms with Crippen LogP contribution in [0.1, 0.15) is 29.7 Å². The van der Waals surface area contributed by atoms with Crippen molar-refractivity contribution in [3.63, 3.8) is 0 Å². The molecule has 6 nitrogen and oxygen atoms in total. The number of likely N-dealkylation sites (tertiary alicyclic amines) is 1. The number of likely N-dealkylation sites (N-methyl/N-ethyl adjacent to an activating group) is 1. The molecule has 1 atom stereocenters. The van der Waals surface area contributed by atoms with Gasteiger partial charge in [0.1, 0.15) is 17.3 Å². The quantitative estimate of drug-likeness (QED) is 0.403. The van der Waals surface area contributed by atoms with E-state index in [2.05, 4.69) is 0 Å². The molecule has 1 aliphatic rings. The monoisotopic (exact) mass is 427 g/mol. The molecule has 1 heterocycles. The number of aliphatic hydroxyl groups is 1. The summed E-state index contributed by atoms with van der Waals surface area (Å²) in [5.41, 5.74) is 1.16. The number of hydrogen-bond donors (Lipinski definition) is 2. The van der Waals surface area contributed by atoms with E-state index < -0.39 is 23.5 Å². The summed E-state index contributed by atoms with van der Waals surface area (Å²) in [4.78, 5) is 28.3. The Labute approximate surface area is 181 Å². The van der Waals surface area contributed by atoms with Crippen LogP contribution in [-0.4, -0.2) is 55.5 Å². The average Bonchev–Trinajstić information content (AvgIpc) is 2.97. The van der Waals surface area contributed by atoms with Crippen molar-refractivity contribution in [1.29, 1.82) is 0 Å². The lowest BCUT2D eigenvalue weighted by Gasteiger charge is -2.26. The van der Waals surface area contributed by atoms with Crippen molar-refractivity contribution in [3.8, 4) is 5.75 Å². The smallest absolute Gasteiger partial charge is 0.295 e. The van der Waals surface area contributed by atoms with Crippen molar-refractivity contribution >= 4 is 17.4 Å². The Hall–Kier alpha value is -3.19. The lowest BCUT2D eigenvalue weighted by molar-refractivity contribution is -0.857.